The summed E-state index contributed by atoms with van der Waals surface area (Å²) in [6.07, 6.45) is 1.06. The fourth-order valence-corrected chi connectivity index (χ4v) is 2.91. The minimum Gasteiger partial charge on any atom is -0.454 e. The SMILES string of the molecule is C[C@@H](NC(=O)CCc1ccc2c(c1)OCO2)c1nc2ccccc2[nH]1. The zero-order valence-electron chi connectivity index (χ0n) is 13.9. The van der Waals surface area contributed by atoms with Crippen LogP contribution in [0.5, 0.6) is 11.5 Å². The van der Waals surface area contributed by atoms with Crippen LogP contribution in [0.25, 0.3) is 11.0 Å². The molecule has 2 N–H and O–H groups in total. The number of carbonyl (C=O) groups is 1. The highest BCUT2D eigenvalue weighted by molar-refractivity contribution is 5.77. The third-order valence-electron chi connectivity index (χ3n) is 4.27. The van der Waals surface area contributed by atoms with E-state index in [0.29, 0.717) is 12.8 Å². The van der Waals surface area contributed by atoms with E-state index in [2.05, 4.69) is 15.3 Å². The van der Waals surface area contributed by atoms with Crippen molar-refractivity contribution in [2.45, 2.75) is 25.8 Å². The first-order chi connectivity index (χ1) is 12.2. The summed E-state index contributed by atoms with van der Waals surface area (Å²) in [5.41, 5.74) is 2.92. The predicted octanol–water partition coefficient (Wildman–Crippen LogP) is 3.10. The maximum Gasteiger partial charge on any atom is 0.231 e. The third-order valence-corrected chi connectivity index (χ3v) is 4.27. The van der Waals surface area contributed by atoms with Crippen LogP contribution in [0, 0.1) is 0 Å². The van der Waals surface area contributed by atoms with Gasteiger partial charge in [-0.1, -0.05) is 18.2 Å². The minimum absolute atomic E-state index is 0.00868. The van der Waals surface area contributed by atoms with Gasteiger partial charge in [-0.25, -0.2) is 4.98 Å². The molecule has 0 bridgehead atoms. The van der Waals surface area contributed by atoms with E-state index >= 15 is 0 Å². The standard InChI is InChI=1S/C19H19N3O3/c1-12(19-21-14-4-2-3-5-15(14)22-19)20-18(23)9-7-13-6-8-16-17(10-13)25-11-24-16/h2-6,8,10,12H,7,9,11H2,1H3,(H,20,23)(H,21,22)/t12-/m1/s1. The number of imidazole rings is 1. The van der Waals surface area contributed by atoms with Gasteiger partial charge in [0, 0.05) is 6.42 Å². The Labute approximate surface area is 145 Å². The second-order valence-electron chi connectivity index (χ2n) is 6.12. The molecule has 0 unspecified atom stereocenters. The van der Waals surface area contributed by atoms with Gasteiger partial charge in [-0.05, 0) is 43.2 Å². The topological polar surface area (TPSA) is 76.2 Å². The molecule has 2 aromatic carbocycles. The molecule has 128 valence electrons. The molecule has 3 aromatic rings. The Morgan fingerprint density at radius 1 is 1.24 bits per heavy atom. The number of aromatic amines is 1. The fraction of sp³-hybridized carbons (Fsp3) is 0.263. The van der Waals surface area contributed by atoms with E-state index in [1.165, 1.54) is 0 Å². The van der Waals surface area contributed by atoms with Gasteiger partial charge >= 0.3 is 0 Å². The number of hydrogen-bond donors (Lipinski definition) is 2. The number of aryl methyl sites for hydroxylation is 1. The second kappa shape index (κ2) is 6.47. The van der Waals surface area contributed by atoms with Gasteiger partial charge in [-0.15, -0.1) is 0 Å². The molecule has 0 aliphatic carbocycles. The van der Waals surface area contributed by atoms with Gasteiger partial charge in [0.05, 0.1) is 17.1 Å². The summed E-state index contributed by atoms with van der Waals surface area (Å²) in [5.74, 6) is 2.25. The van der Waals surface area contributed by atoms with Crippen molar-refractivity contribution in [1.29, 1.82) is 0 Å². The quantitative estimate of drug-likeness (QED) is 0.750. The van der Waals surface area contributed by atoms with E-state index in [1.54, 1.807) is 0 Å². The molecule has 0 saturated carbocycles. The fourth-order valence-electron chi connectivity index (χ4n) is 2.91. The first-order valence-corrected chi connectivity index (χ1v) is 8.31. The number of fused-ring (bicyclic) bond motifs is 2. The molecule has 1 aromatic heterocycles. The third kappa shape index (κ3) is 3.28. The normalized spacial score (nSPS) is 13.8. The molecular formula is C19H19N3O3. The van der Waals surface area contributed by atoms with Crippen LogP contribution >= 0.6 is 0 Å². The van der Waals surface area contributed by atoms with Crippen molar-refractivity contribution in [3.05, 3.63) is 53.9 Å². The summed E-state index contributed by atoms with van der Waals surface area (Å²) in [5, 5.41) is 2.99. The molecule has 0 spiro atoms. The van der Waals surface area contributed by atoms with Crippen LogP contribution in [0.3, 0.4) is 0 Å². The summed E-state index contributed by atoms with van der Waals surface area (Å²) < 4.78 is 10.7. The summed E-state index contributed by atoms with van der Waals surface area (Å²) >= 11 is 0. The molecule has 6 heteroatoms. The average molecular weight is 337 g/mol. The van der Waals surface area contributed by atoms with Crippen molar-refractivity contribution >= 4 is 16.9 Å². The number of carbonyl (C=O) groups excluding carboxylic acids is 1. The number of rotatable bonds is 5. The number of ether oxygens (including phenoxy) is 2. The first kappa shape index (κ1) is 15.5. The Morgan fingerprint density at radius 2 is 2.08 bits per heavy atom. The van der Waals surface area contributed by atoms with Crippen LogP contribution in [0.4, 0.5) is 0 Å². The Bertz CT molecular complexity index is 886. The highest BCUT2D eigenvalue weighted by Gasteiger charge is 2.15. The van der Waals surface area contributed by atoms with Gasteiger partial charge in [0.15, 0.2) is 11.5 Å². The summed E-state index contributed by atoms with van der Waals surface area (Å²) in [6.45, 7) is 2.18. The molecule has 0 fully saturated rings. The highest BCUT2D eigenvalue weighted by atomic mass is 16.7. The van der Waals surface area contributed by atoms with E-state index < -0.39 is 0 Å². The van der Waals surface area contributed by atoms with E-state index in [4.69, 9.17) is 9.47 Å². The molecule has 6 nitrogen and oxygen atoms in total. The zero-order chi connectivity index (χ0) is 17.2. The van der Waals surface area contributed by atoms with Gasteiger partial charge in [-0.3, -0.25) is 4.79 Å². The molecular weight excluding hydrogens is 318 g/mol. The summed E-state index contributed by atoms with van der Waals surface area (Å²) in [4.78, 5) is 20.0. The number of H-pyrrole nitrogens is 1. The molecule has 1 amide bonds. The largest absolute Gasteiger partial charge is 0.454 e. The Morgan fingerprint density at radius 3 is 2.96 bits per heavy atom. The first-order valence-electron chi connectivity index (χ1n) is 8.31. The summed E-state index contributed by atoms with van der Waals surface area (Å²) in [6, 6.07) is 13.4. The number of aromatic nitrogens is 2. The van der Waals surface area contributed by atoms with Gasteiger partial charge in [0.25, 0.3) is 0 Å². The molecule has 1 atom stereocenters. The monoisotopic (exact) mass is 337 g/mol. The Hall–Kier alpha value is -3.02. The number of amides is 1. The van der Waals surface area contributed by atoms with Crippen molar-refractivity contribution < 1.29 is 14.3 Å². The van der Waals surface area contributed by atoms with E-state index in [1.807, 2.05) is 49.4 Å². The maximum atomic E-state index is 12.2. The number of para-hydroxylation sites is 2. The van der Waals surface area contributed by atoms with Gasteiger partial charge in [-0.2, -0.15) is 0 Å². The number of hydrogen-bond acceptors (Lipinski definition) is 4. The Kier molecular flexibility index (Phi) is 4.01. The van der Waals surface area contributed by atoms with Crippen LogP contribution in [0.2, 0.25) is 0 Å². The molecule has 0 radical (unpaired) electrons. The molecule has 25 heavy (non-hydrogen) atoms. The average Bonchev–Trinajstić information content (AvgIpc) is 3.25. The molecule has 0 saturated heterocycles. The van der Waals surface area contributed by atoms with Crippen LogP contribution < -0.4 is 14.8 Å². The van der Waals surface area contributed by atoms with Crippen molar-refractivity contribution in [1.82, 2.24) is 15.3 Å². The zero-order valence-corrected chi connectivity index (χ0v) is 13.9. The molecule has 4 rings (SSSR count). The van der Waals surface area contributed by atoms with Crippen LogP contribution in [0.1, 0.15) is 30.8 Å². The maximum absolute atomic E-state index is 12.2. The Balaban J connectivity index is 1.35. The lowest BCUT2D eigenvalue weighted by Gasteiger charge is -2.11. The predicted molar refractivity (Wildman–Crippen MR) is 93.5 cm³/mol. The lowest BCUT2D eigenvalue weighted by Crippen LogP contribution is -2.27. The number of benzene rings is 2. The lowest BCUT2D eigenvalue weighted by molar-refractivity contribution is -0.121. The molecule has 1 aliphatic heterocycles. The van der Waals surface area contributed by atoms with Crippen molar-refractivity contribution in [3.63, 3.8) is 0 Å². The number of nitrogens with one attached hydrogen (secondary N) is 2. The molecule has 2 heterocycles. The van der Waals surface area contributed by atoms with Crippen LogP contribution in [-0.4, -0.2) is 22.7 Å². The van der Waals surface area contributed by atoms with Gasteiger partial charge < -0.3 is 19.8 Å². The van der Waals surface area contributed by atoms with E-state index in [0.717, 1.165) is 33.9 Å². The minimum atomic E-state index is -0.170. The van der Waals surface area contributed by atoms with E-state index in [9.17, 15) is 4.79 Å². The lowest BCUT2D eigenvalue weighted by atomic mass is 10.1. The van der Waals surface area contributed by atoms with Crippen LogP contribution in [-0.2, 0) is 11.2 Å². The highest BCUT2D eigenvalue weighted by Crippen LogP contribution is 2.32. The van der Waals surface area contributed by atoms with Crippen molar-refractivity contribution in [3.8, 4) is 11.5 Å². The molecule has 1 aliphatic rings. The second-order valence-corrected chi connectivity index (χ2v) is 6.12. The smallest absolute Gasteiger partial charge is 0.231 e. The van der Waals surface area contributed by atoms with Crippen molar-refractivity contribution in [2.24, 2.45) is 0 Å². The van der Waals surface area contributed by atoms with Gasteiger partial charge in [0.2, 0.25) is 12.7 Å². The van der Waals surface area contributed by atoms with Gasteiger partial charge in [0.1, 0.15) is 5.82 Å². The summed E-state index contributed by atoms with van der Waals surface area (Å²) in [7, 11) is 0. The van der Waals surface area contributed by atoms with E-state index in [-0.39, 0.29) is 18.7 Å². The number of nitrogens with zero attached hydrogens (tertiary/aromatic N) is 1. The van der Waals surface area contributed by atoms with Crippen LogP contribution in [0.15, 0.2) is 42.5 Å². The van der Waals surface area contributed by atoms with Crippen molar-refractivity contribution in [2.75, 3.05) is 6.79 Å².